The van der Waals surface area contributed by atoms with Crippen molar-refractivity contribution in [2.75, 3.05) is 17.7 Å². The van der Waals surface area contributed by atoms with Crippen molar-refractivity contribution < 1.29 is 23.5 Å². The molecule has 0 unspecified atom stereocenters. The van der Waals surface area contributed by atoms with E-state index in [0.29, 0.717) is 24.2 Å². The summed E-state index contributed by atoms with van der Waals surface area (Å²) in [5.41, 5.74) is 0.644. The molecule has 1 fully saturated rings. The molecule has 1 aliphatic carbocycles. The first kappa shape index (κ1) is 26.2. The highest BCUT2D eigenvalue weighted by Crippen LogP contribution is 2.47. The fourth-order valence-corrected chi connectivity index (χ4v) is 3.95. The molecule has 1 aromatic carbocycles. The van der Waals surface area contributed by atoms with E-state index < -0.39 is 29.8 Å². The van der Waals surface area contributed by atoms with Crippen LogP contribution >= 0.6 is 0 Å². The third-order valence-corrected chi connectivity index (χ3v) is 5.98. The van der Waals surface area contributed by atoms with Crippen LogP contribution in [0.15, 0.2) is 48.8 Å². The lowest BCUT2D eigenvalue weighted by Crippen LogP contribution is -2.31. The van der Waals surface area contributed by atoms with Gasteiger partial charge in [0.2, 0.25) is 0 Å². The van der Waals surface area contributed by atoms with Crippen molar-refractivity contribution >= 4 is 29.4 Å². The zero-order valence-electron chi connectivity index (χ0n) is 20.7. The number of ketones is 1. The molecule has 0 bridgehead atoms. The fourth-order valence-electron chi connectivity index (χ4n) is 3.95. The van der Waals surface area contributed by atoms with Crippen LogP contribution in [0.2, 0.25) is 0 Å². The van der Waals surface area contributed by atoms with E-state index in [9.17, 15) is 14.4 Å². The number of rotatable bonds is 9. The summed E-state index contributed by atoms with van der Waals surface area (Å²) in [6.07, 6.45) is 3.78. The Morgan fingerprint density at radius 1 is 1.11 bits per heavy atom. The van der Waals surface area contributed by atoms with Gasteiger partial charge in [-0.3, -0.25) is 10.1 Å². The van der Waals surface area contributed by atoms with Gasteiger partial charge in [-0.1, -0.05) is 6.92 Å². The first-order valence-electron chi connectivity index (χ1n) is 12.0. The molecule has 194 valence electrons. The molecule has 2 amide bonds. The molecule has 10 nitrogen and oxygen atoms in total. The Hall–Kier alpha value is -4.85. The Morgan fingerprint density at radius 3 is 2.50 bits per heavy atom. The summed E-state index contributed by atoms with van der Waals surface area (Å²) in [5.74, 6) is -1.58. The number of pyridine rings is 2. The predicted octanol–water partition coefficient (Wildman–Crippen LogP) is 4.41. The average molecular weight is 517 g/mol. The molecule has 0 aliphatic heterocycles. The van der Waals surface area contributed by atoms with Crippen LogP contribution in [0.4, 0.5) is 20.8 Å². The second kappa shape index (κ2) is 11.5. The minimum absolute atomic E-state index is 0.0573. The number of carbonyl (C=O) groups is 3. The van der Waals surface area contributed by atoms with Crippen molar-refractivity contribution in [2.45, 2.75) is 38.1 Å². The van der Waals surface area contributed by atoms with Crippen molar-refractivity contribution in [3.8, 4) is 11.8 Å². The van der Waals surface area contributed by atoms with Gasteiger partial charge in [-0.25, -0.2) is 23.9 Å². The zero-order chi connectivity index (χ0) is 27.2. The van der Waals surface area contributed by atoms with Gasteiger partial charge in [0.25, 0.3) is 0 Å². The number of benzene rings is 1. The molecule has 1 aliphatic rings. The third kappa shape index (κ3) is 5.92. The van der Waals surface area contributed by atoms with Crippen molar-refractivity contribution in [1.82, 2.24) is 15.3 Å². The third-order valence-electron chi connectivity index (χ3n) is 5.98. The molecule has 0 spiro atoms. The van der Waals surface area contributed by atoms with Crippen molar-refractivity contribution in [1.29, 1.82) is 5.26 Å². The maximum absolute atomic E-state index is 15.2. The number of carbonyl (C=O) groups excluding carboxylic acids is 3. The SMILES string of the molecule is CCCC(=O)c1ccc(F)c([C@@H]2C[C@@H]2NC(=O)Nc2ccc(C#N)cn2)c1OC(=O)c1ccc(NC)nc1. The summed E-state index contributed by atoms with van der Waals surface area (Å²) in [6, 6.07) is 9.50. The molecule has 2 aromatic heterocycles. The lowest BCUT2D eigenvalue weighted by Gasteiger charge is -2.16. The summed E-state index contributed by atoms with van der Waals surface area (Å²) in [4.78, 5) is 46.3. The van der Waals surface area contributed by atoms with Crippen LogP contribution in [0.25, 0.3) is 0 Å². The predicted molar refractivity (Wildman–Crippen MR) is 137 cm³/mol. The second-order valence-corrected chi connectivity index (χ2v) is 8.67. The zero-order valence-corrected chi connectivity index (χ0v) is 20.7. The van der Waals surface area contributed by atoms with Gasteiger partial charge >= 0.3 is 12.0 Å². The van der Waals surface area contributed by atoms with E-state index in [0.717, 1.165) is 0 Å². The van der Waals surface area contributed by atoms with Gasteiger partial charge in [0, 0.05) is 43.4 Å². The van der Waals surface area contributed by atoms with Gasteiger partial charge in [-0.15, -0.1) is 0 Å². The van der Waals surface area contributed by atoms with E-state index >= 15 is 4.39 Å². The average Bonchev–Trinajstić information content (AvgIpc) is 3.67. The Balaban J connectivity index is 1.56. The highest BCUT2D eigenvalue weighted by atomic mass is 19.1. The Bertz CT molecular complexity index is 1400. The van der Waals surface area contributed by atoms with Gasteiger partial charge in [0.15, 0.2) is 5.78 Å². The number of nitrogens with zero attached hydrogens (tertiary/aromatic N) is 3. The molecule has 1 saturated carbocycles. The number of amides is 2. The van der Waals surface area contributed by atoms with E-state index in [-0.39, 0.29) is 40.5 Å². The molecular formula is C27H25FN6O4. The highest BCUT2D eigenvalue weighted by Gasteiger charge is 2.44. The fraction of sp³-hybridized carbons (Fsp3) is 0.259. The maximum Gasteiger partial charge on any atom is 0.345 e. The molecule has 11 heteroatoms. The Morgan fingerprint density at radius 2 is 1.87 bits per heavy atom. The summed E-state index contributed by atoms with van der Waals surface area (Å²) in [5, 5.41) is 17.0. The van der Waals surface area contributed by atoms with Crippen LogP contribution in [0.5, 0.6) is 5.75 Å². The Labute approximate surface area is 218 Å². The van der Waals surface area contributed by atoms with E-state index in [1.165, 1.54) is 42.7 Å². The molecule has 3 aromatic rings. The standard InChI is InChI=1S/C27H25FN6O4/c1-3-4-21(35)17-7-8-19(28)24(25(17)38-26(36)16-6-10-22(30-2)32-14-16)18-11-20(18)33-27(37)34-23-9-5-15(12-29)13-31-23/h5-10,13-14,18,20H,3-4,11H2,1-2H3,(H,30,32)(H2,31,33,34,37)/t18-,20+/m1/s1. The minimum Gasteiger partial charge on any atom is -0.422 e. The molecular weight excluding hydrogens is 491 g/mol. The van der Waals surface area contributed by atoms with Crippen LogP contribution in [0.1, 0.15) is 63.9 Å². The molecule has 2 heterocycles. The van der Waals surface area contributed by atoms with Gasteiger partial charge < -0.3 is 15.4 Å². The summed E-state index contributed by atoms with van der Waals surface area (Å²) >= 11 is 0. The number of urea groups is 1. The quantitative estimate of drug-likeness (QED) is 0.215. The summed E-state index contributed by atoms with van der Waals surface area (Å²) in [7, 11) is 1.69. The van der Waals surface area contributed by atoms with Crippen LogP contribution in [-0.2, 0) is 0 Å². The molecule has 0 saturated heterocycles. The molecule has 0 radical (unpaired) electrons. The lowest BCUT2D eigenvalue weighted by atomic mass is 9.99. The van der Waals surface area contributed by atoms with E-state index in [2.05, 4.69) is 25.9 Å². The first-order chi connectivity index (χ1) is 18.3. The number of esters is 1. The number of hydrogen-bond acceptors (Lipinski definition) is 8. The number of nitrogens with one attached hydrogen (secondary N) is 3. The number of hydrogen-bond donors (Lipinski definition) is 3. The number of Topliss-reactive ketones (excluding diaryl/α,β-unsaturated/α-hetero) is 1. The molecule has 4 rings (SSSR count). The van der Waals surface area contributed by atoms with Crippen molar-refractivity contribution in [3.63, 3.8) is 0 Å². The summed E-state index contributed by atoms with van der Waals surface area (Å²) in [6.45, 7) is 1.84. The van der Waals surface area contributed by atoms with E-state index in [4.69, 9.17) is 10.00 Å². The van der Waals surface area contributed by atoms with Gasteiger partial charge in [0.1, 0.15) is 29.3 Å². The van der Waals surface area contributed by atoms with Crippen molar-refractivity contribution in [3.05, 3.63) is 76.9 Å². The largest absolute Gasteiger partial charge is 0.422 e. The van der Waals surface area contributed by atoms with Gasteiger partial charge in [-0.2, -0.15) is 5.26 Å². The topological polar surface area (TPSA) is 146 Å². The highest BCUT2D eigenvalue weighted by molar-refractivity contribution is 6.01. The normalized spacial score (nSPS) is 15.6. The van der Waals surface area contributed by atoms with Gasteiger partial charge in [0.05, 0.1) is 16.7 Å². The van der Waals surface area contributed by atoms with E-state index in [1.807, 2.05) is 13.0 Å². The van der Waals surface area contributed by atoms with E-state index in [1.54, 1.807) is 13.1 Å². The number of aromatic nitrogens is 2. The second-order valence-electron chi connectivity index (χ2n) is 8.67. The smallest absolute Gasteiger partial charge is 0.345 e. The minimum atomic E-state index is -0.785. The van der Waals surface area contributed by atoms with Crippen LogP contribution in [-0.4, -0.2) is 40.8 Å². The van der Waals surface area contributed by atoms with Crippen molar-refractivity contribution in [2.24, 2.45) is 0 Å². The molecule has 2 atom stereocenters. The van der Waals surface area contributed by atoms with Crippen LogP contribution < -0.4 is 20.7 Å². The summed E-state index contributed by atoms with van der Waals surface area (Å²) < 4.78 is 20.8. The molecule has 3 N–H and O–H groups in total. The monoisotopic (exact) mass is 516 g/mol. The number of anilines is 2. The first-order valence-corrected chi connectivity index (χ1v) is 12.0. The number of ether oxygens (including phenoxy) is 1. The lowest BCUT2D eigenvalue weighted by molar-refractivity contribution is 0.0729. The van der Waals surface area contributed by atoms with Crippen LogP contribution in [0, 0.1) is 17.1 Å². The Kier molecular flexibility index (Phi) is 7.91. The number of halogens is 1. The number of nitriles is 1. The van der Waals surface area contributed by atoms with Crippen LogP contribution in [0.3, 0.4) is 0 Å². The van der Waals surface area contributed by atoms with Gasteiger partial charge in [-0.05, 0) is 49.2 Å². The maximum atomic E-state index is 15.2. The molecule has 38 heavy (non-hydrogen) atoms.